The molecule has 0 aliphatic rings. The molecule has 0 spiro atoms. The number of aliphatic hydroxyl groups excluding tert-OH is 1. The van der Waals surface area contributed by atoms with Crippen molar-refractivity contribution >= 4 is 5.69 Å². The fourth-order valence-electron chi connectivity index (χ4n) is 1.48. The van der Waals surface area contributed by atoms with Crippen molar-refractivity contribution in [2.24, 2.45) is 5.92 Å². The first kappa shape index (κ1) is 11.7. The topological polar surface area (TPSA) is 63.4 Å². The van der Waals surface area contributed by atoms with Crippen molar-refractivity contribution in [3.05, 3.63) is 39.9 Å². The largest absolute Gasteiger partial charge is 0.396 e. The minimum absolute atomic E-state index is 0.119. The number of hydrogen-bond donors (Lipinski definition) is 1. The highest BCUT2D eigenvalue weighted by Crippen LogP contribution is 2.16. The van der Waals surface area contributed by atoms with Crippen molar-refractivity contribution in [3.63, 3.8) is 0 Å². The van der Waals surface area contributed by atoms with Gasteiger partial charge in [-0.15, -0.1) is 0 Å². The van der Waals surface area contributed by atoms with Crippen LogP contribution in [0.1, 0.15) is 18.9 Å². The Morgan fingerprint density at radius 1 is 1.40 bits per heavy atom. The van der Waals surface area contributed by atoms with Crippen molar-refractivity contribution < 1.29 is 10.0 Å². The maximum Gasteiger partial charge on any atom is 0.269 e. The molecule has 1 unspecified atom stereocenters. The molecule has 0 aromatic heterocycles. The molecule has 4 nitrogen and oxygen atoms in total. The molecule has 0 bridgehead atoms. The highest BCUT2D eigenvalue weighted by molar-refractivity contribution is 5.32. The first-order valence-electron chi connectivity index (χ1n) is 4.97. The van der Waals surface area contributed by atoms with Crippen molar-refractivity contribution in [2.45, 2.75) is 19.8 Å². The van der Waals surface area contributed by atoms with Gasteiger partial charge < -0.3 is 5.11 Å². The Balaban J connectivity index is 2.60. The zero-order valence-electron chi connectivity index (χ0n) is 8.72. The molecule has 0 radical (unpaired) electrons. The Kier molecular flexibility index (Phi) is 4.24. The molecule has 1 rings (SSSR count). The Hall–Kier alpha value is -1.42. The van der Waals surface area contributed by atoms with E-state index < -0.39 is 4.92 Å². The van der Waals surface area contributed by atoms with Gasteiger partial charge in [-0.05, 0) is 24.3 Å². The summed E-state index contributed by atoms with van der Waals surface area (Å²) in [5.41, 5.74) is 1.19. The van der Waals surface area contributed by atoms with E-state index in [4.69, 9.17) is 5.11 Å². The van der Waals surface area contributed by atoms with Gasteiger partial charge in [0.1, 0.15) is 0 Å². The van der Waals surface area contributed by atoms with Crippen molar-refractivity contribution in [3.8, 4) is 0 Å². The zero-order valence-corrected chi connectivity index (χ0v) is 8.72. The number of non-ortho nitro benzene ring substituents is 1. The fourth-order valence-corrected chi connectivity index (χ4v) is 1.48. The van der Waals surface area contributed by atoms with Crippen LogP contribution in [0.4, 0.5) is 5.69 Å². The molecule has 0 heterocycles. The van der Waals surface area contributed by atoms with Crippen LogP contribution in [0.25, 0.3) is 0 Å². The Labute approximate surface area is 88.7 Å². The second-order valence-electron chi connectivity index (χ2n) is 3.75. The van der Waals surface area contributed by atoms with Gasteiger partial charge in [-0.25, -0.2) is 0 Å². The summed E-state index contributed by atoms with van der Waals surface area (Å²) >= 11 is 0. The van der Waals surface area contributed by atoms with Crippen LogP contribution >= 0.6 is 0 Å². The minimum Gasteiger partial charge on any atom is -0.396 e. The Bertz CT molecular complexity index is 321. The van der Waals surface area contributed by atoms with Gasteiger partial charge in [0, 0.05) is 18.7 Å². The molecule has 1 aromatic rings. The SMILES string of the molecule is CC(CCO)Cc1ccc([N+](=O)[O-])cc1. The third-order valence-electron chi connectivity index (χ3n) is 2.35. The van der Waals surface area contributed by atoms with Crippen molar-refractivity contribution in [2.75, 3.05) is 6.61 Å². The number of benzene rings is 1. The summed E-state index contributed by atoms with van der Waals surface area (Å²) in [4.78, 5) is 10.0. The zero-order chi connectivity index (χ0) is 11.3. The molecule has 1 aromatic carbocycles. The van der Waals surface area contributed by atoms with Crippen LogP contribution in [-0.4, -0.2) is 16.6 Å². The van der Waals surface area contributed by atoms with Crippen LogP contribution in [0.5, 0.6) is 0 Å². The summed E-state index contributed by atoms with van der Waals surface area (Å²) in [6.07, 6.45) is 1.61. The predicted octanol–water partition coefficient (Wildman–Crippen LogP) is 2.16. The first-order chi connectivity index (χ1) is 7.13. The molecule has 4 heteroatoms. The van der Waals surface area contributed by atoms with Gasteiger partial charge in [-0.1, -0.05) is 19.1 Å². The molecule has 0 aliphatic heterocycles. The second-order valence-corrected chi connectivity index (χ2v) is 3.75. The van der Waals surface area contributed by atoms with Gasteiger partial charge in [0.05, 0.1) is 4.92 Å². The Morgan fingerprint density at radius 3 is 2.47 bits per heavy atom. The normalized spacial score (nSPS) is 12.4. The standard InChI is InChI=1S/C11H15NO3/c1-9(6-7-13)8-10-2-4-11(5-3-10)12(14)15/h2-5,9,13H,6-8H2,1H3. The highest BCUT2D eigenvalue weighted by atomic mass is 16.6. The maximum absolute atomic E-state index is 10.4. The first-order valence-corrected chi connectivity index (χ1v) is 4.97. The molecule has 15 heavy (non-hydrogen) atoms. The van der Waals surface area contributed by atoms with Crippen molar-refractivity contribution in [1.82, 2.24) is 0 Å². The van der Waals surface area contributed by atoms with E-state index in [0.29, 0.717) is 5.92 Å². The van der Waals surface area contributed by atoms with Crippen LogP contribution in [0.15, 0.2) is 24.3 Å². The lowest BCUT2D eigenvalue weighted by atomic mass is 9.98. The van der Waals surface area contributed by atoms with E-state index >= 15 is 0 Å². The summed E-state index contributed by atoms with van der Waals surface area (Å²) in [5.74, 6) is 0.399. The molecule has 82 valence electrons. The van der Waals surface area contributed by atoms with E-state index in [1.54, 1.807) is 12.1 Å². The number of nitrogens with zero attached hydrogens (tertiary/aromatic N) is 1. The van der Waals surface area contributed by atoms with Gasteiger partial charge in [-0.2, -0.15) is 0 Å². The van der Waals surface area contributed by atoms with Gasteiger partial charge in [0.15, 0.2) is 0 Å². The summed E-state index contributed by atoms with van der Waals surface area (Å²) in [7, 11) is 0. The number of aliphatic hydroxyl groups is 1. The second kappa shape index (κ2) is 5.46. The monoisotopic (exact) mass is 209 g/mol. The predicted molar refractivity (Wildman–Crippen MR) is 57.7 cm³/mol. The summed E-state index contributed by atoms with van der Waals surface area (Å²) in [6, 6.07) is 6.57. The van der Waals surface area contributed by atoms with Gasteiger partial charge >= 0.3 is 0 Å². The molecule has 0 saturated carbocycles. The number of nitro benzene ring substituents is 1. The number of hydrogen-bond acceptors (Lipinski definition) is 3. The molecule has 0 fully saturated rings. The molecular formula is C11H15NO3. The highest BCUT2D eigenvalue weighted by Gasteiger charge is 2.06. The summed E-state index contributed by atoms with van der Waals surface area (Å²) in [6.45, 7) is 2.24. The molecule has 0 amide bonds. The third-order valence-corrected chi connectivity index (χ3v) is 2.35. The summed E-state index contributed by atoms with van der Waals surface area (Å²) < 4.78 is 0. The summed E-state index contributed by atoms with van der Waals surface area (Å²) in [5, 5.41) is 19.2. The van der Waals surface area contributed by atoms with Gasteiger partial charge in [-0.3, -0.25) is 10.1 Å². The third kappa shape index (κ3) is 3.67. The maximum atomic E-state index is 10.4. The molecule has 1 atom stereocenters. The van der Waals surface area contributed by atoms with Crippen molar-refractivity contribution in [1.29, 1.82) is 0 Å². The lowest BCUT2D eigenvalue weighted by Gasteiger charge is -2.08. The smallest absolute Gasteiger partial charge is 0.269 e. The molecule has 0 aliphatic carbocycles. The van der Waals surface area contributed by atoms with Crippen LogP contribution in [0.3, 0.4) is 0 Å². The van der Waals surface area contributed by atoms with E-state index in [2.05, 4.69) is 6.92 Å². The molecule has 0 saturated heterocycles. The lowest BCUT2D eigenvalue weighted by molar-refractivity contribution is -0.384. The lowest BCUT2D eigenvalue weighted by Crippen LogP contribution is -2.02. The van der Waals surface area contributed by atoms with E-state index in [9.17, 15) is 10.1 Å². The number of nitro groups is 1. The van der Waals surface area contributed by atoms with Crippen LogP contribution in [0.2, 0.25) is 0 Å². The average Bonchev–Trinajstić information content (AvgIpc) is 2.18. The molecule has 1 N–H and O–H groups in total. The Morgan fingerprint density at radius 2 is 2.00 bits per heavy atom. The van der Waals surface area contributed by atoms with Gasteiger partial charge in [0.2, 0.25) is 0 Å². The van der Waals surface area contributed by atoms with Crippen LogP contribution in [0, 0.1) is 16.0 Å². The van der Waals surface area contributed by atoms with E-state index in [-0.39, 0.29) is 12.3 Å². The van der Waals surface area contributed by atoms with Gasteiger partial charge in [0.25, 0.3) is 5.69 Å². The quantitative estimate of drug-likeness (QED) is 0.597. The van der Waals surface area contributed by atoms with Crippen LogP contribution < -0.4 is 0 Å². The van der Waals surface area contributed by atoms with E-state index in [1.807, 2.05) is 0 Å². The fraction of sp³-hybridized carbons (Fsp3) is 0.455. The van der Waals surface area contributed by atoms with E-state index in [1.165, 1.54) is 12.1 Å². The average molecular weight is 209 g/mol. The number of rotatable bonds is 5. The van der Waals surface area contributed by atoms with Crippen LogP contribution in [-0.2, 0) is 6.42 Å². The molecular weight excluding hydrogens is 194 g/mol. The minimum atomic E-state index is -0.402. The van der Waals surface area contributed by atoms with E-state index in [0.717, 1.165) is 18.4 Å².